The molecule has 0 bridgehead atoms. The van der Waals surface area contributed by atoms with Crippen molar-refractivity contribution in [3.63, 3.8) is 0 Å². The summed E-state index contributed by atoms with van der Waals surface area (Å²) in [6.07, 6.45) is 4.88. The number of hydrogen-bond donors (Lipinski definition) is 1. The van der Waals surface area contributed by atoms with Crippen LogP contribution in [0, 0.1) is 0 Å². The van der Waals surface area contributed by atoms with Crippen LogP contribution >= 0.6 is 35.0 Å². The minimum atomic E-state index is -0.205. The molecule has 0 aliphatic rings. The lowest BCUT2D eigenvalue weighted by molar-refractivity contribution is -0.113. The maximum Gasteiger partial charge on any atom is 0.234 e. The van der Waals surface area contributed by atoms with Gasteiger partial charge in [-0.05, 0) is 24.3 Å². The molecule has 0 atom stereocenters. The van der Waals surface area contributed by atoms with Crippen LogP contribution in [0.4, 0.5) is 5.69 Å². The number of amides is 1. The van der Waals surface area contributed by atoms with Crippen LogP contribution in [0.2, 0.25) is 10.0 Å². The molecule has 3 rings (SSSR count). The normalized spacial score (nSPS) is 10.6. The minimum Gasteiger partial charge on any atom is -0.324 e. The molecular formula is C15H11Cl2N5OS. The van der Waals surface area contributed by atoms with Crippen molar-refractivity contribution in [1.29, 1.82) is 0 Å². The summed E-state index contributed by atoms with van der Waals surface area (Å²) in [5, 5.41) is 8.44. The molecule has 0 saturated carbocycles. The van der Waals surface area contributed by atoms with Gasteiger partial charge in [-0.2, -0.15) is 5.10 Å². The largest absolute Gasteiger partial charge is 0.324 e. The smallest absolute Gasteiger partial charge is 0.234 e. The Morgan fingerprint density at radius 1 is 1.25 bits per heavy atom. The highest BCUT2D eigenvalue weighted by molar-refractivity contribution is 7.99. The number of hydrogen-bond acceptors (Lipinski definition) is 5. The van der Waals surface area contributed by atoms with E-state index < -0.39 is 0 Å². The molecule has 9 heteroatoms. The van der Waals surface area contributed by atoms with Crippen LogP contribution in [0.1, 0.15) is 0 Å². The van der Waals surface area contributed by atoms with Crippen LogP contribution in [0.25, 0.3) is 5.82 Å². The highest BCUT2D eigenvalue weighted by atomic mass is 35.5. The van der Waals surface area contributed by atoms with Crippen LogP contribution in [0.5, 0.6) is 0 Å². The van der Waals surface area contributed by atoms with E-state index in [1.807, 2.05) is 0 Å². The average Bonchev–Trinajstić information content (AvgIpc) is 3.11. The van der Waals surface area contributed by atoms with Crippen LogP contribution < -0.4 is 5.32 Å². The van der Waals surface area contributed by atoms with E-state index in [0.717, 1.165) is 0 Å². The zero-order valence-corrected chi connectivity index (χ0v) is 14.5. The summed E-state index contributed by atoms with van der Waals surface area (Å²) >= 11 is 13.2. The summed E-state index contributed by atoms with van der Waals surface area (Å²) in [7, 11) is 0. The number of thioether (sulfide) groups is 1. The van der Waals surface area contributed by atoms with Crippen molar-refractivity contribution in [2.75, 3.05) is 11.1 Å². The van der Waals surface area contributed by atoms with E-state index in [2.05, 4.69) is 20.4 Å². The van der Waals surface area contributed by atoms with Crippen molar-refractivity contribution in [2.45, 2.75) is 5.03 Å². The molecule has 0 spiro atoms. The van der Waals surface area contributed by atoms with Gasteiger partial charge in [-0.25, -0.2) is 14.6 Å². The van der Waals surface area contributed by atoms with Gasteiger partial charge in [0.15, 0.2) is 5.82 Å². The van der Waals surface area contributed by atoms with Crippen LogP contribution in [0.3, 0.4) is 0 Å². The predicted octanol–water partition coefficient (Wildman–Crippen LogP) is 3.70. The molecule has 0 saturated heterocycles. The van der Waals surface area contributed by atoms with E-state index in [9.17, 15) is 4.79 Å². The Kier molecular flexibility index (Phi) is 5.34. The van der Waals surface area contributed by atoms with Crippen molar-refractivity contribution < 1.29 is 4.79 Å². The Morgan fingerprint density at radius 3 is 2.92 bits per heavy atom. The maximum absolute atomic E-state index is 12.1. The average molecular weight is 380 g/mol. The Labute approximate surface area is 152 Å². The molecule has 1 amide bonds. The van der Waals surface area contributed by atoms with Crippen molar-refractivity contribution in [3.8, 4) is 5.82 Å². The van der Waals surface area contributed by atoms with Crippen molar-refractivity contribution >= 4 is 46.6 Å². The maximum atomic E-state index is 12.1. The molecule has 0 fully saturated rings. The second kappa shape index (κ2) is 7.65. The van der Waals surface area contributed by atoms with Gasteiger partial charge in [0.1, 0.15) is 11.4 Å². The van der Waals surface area contributed by atoms with E-state index in [-0.39, 0.29) is 11.7 Å². The molecule has 1 aromatic carbocycles. The molecule has 1 N–H and O–H groups in total. The van der Waals surface area contributed by atoms with Gasteiger partial charge in [0.2, 0.25) is 5.91 Å². The SMILES string of the molecule is O=C(CSc1cc(-n2cccn2)ncn1)Nc1cc(Cl)ccc1Cl. The fourth-order valence-electron chi connectivity index (χ4n) is 1.86. The standard InChI is InChI=1S/C15H11Cl2N5OS/c16-10-2-3-11(17)12(6-10)21-14(23)8-24-15-7-13(18-9-19-15)22-5-1-4-20-22/h1-7,9H,8H2,(H,21,23). The lowest BCUT2D eigenvalue weighted by Crippen LogP contribution is -2.14. The zero-order chi connectivity index (χ0) is 16.9. The minimum absolute atomic E-state index is 0.179. The molecule has 2 aromatic heterocycles. The Morgan fingerprint density at radius 2 is 2.12 bits per heavy atom. The summed E-state index contributed by atoms with van der Waals surface area (Å²) in [5.41, 5.74) is 0.481. The van der Waals surface area contributed by atoms with Gasteiger partial charge in [-0.3, -0.25) is 4.79 Å². The summed E-state index contributed by atoms with van der Waals surface area (Å²) in [6.45, 7) is 0. The molecule has 2 heterocycles. The summed E-state index contributed by atoms with van der Waals surface area (Å²) in [4.78, 5) is 20.4. The number of benzene rings is 1. The molecule has 6 nitrogen and oxygen atoms in total. The molecule has 0 radical (unpaired) electrons. The molecule has 3 aromatic rings. The van der Waals surface area contributed by atoms with Crippen molar-refractivity contribution in [2.24, 2.45) is 0 Å². The zero-order valence-electron chi connectivity index (χ0n) is 12.2. The van der Waals surface area contributed by atoms with Crippen molar-refractivity contribution in [1.82, 2.24) is 19.7 Å². The second-order valence-corrected chi connectivity index (χ2v) is 6.47. The first kappa shape index (κ1) is 16.8. The number of halogens is 2. The van der Waals surface area contributed by atoms with Gasteiger partial charge < -0.3 is 5.32 Å². The lowest BCUT2D eigenvalue weighted by atomic mass is 10.3. The molecule has 0 aliphatic carbocycles. The number of aromatic nitrogens is 4. The first-order chi connectivity index (χ1) is 11.6. The van der Waals surface area contributed by atoms with Gasteiger partial charge in [-0.15, -0.1) is 0 Å². The number of carbonyl (C=O) groups is 1. The van der Waals surface area contributed by atoms with Gasteiger partial charge >= 0.3 is 0 Å². The molecule has 0 unspecified atom stereocenters. The van der Waals surface area contributed by atoms with Crippen LogP contribution in [-0.2, 0) is 4.79 Å². The second-order valence-electron chi connectivity index (χ2n) is 4.63. The highest BCUT2D eigenvalue weighted by Crippen LogP contribution is 2.26. The number of nitrogens with one attached hydrogen (secondary N) is 1. The van der Waals surface area contributed by atoms with Crippen LogP contribution in [-0.4, -0.2) is 31.4 Å². The fourth-order valence-corrected chi connectivity index (χ4v) is 2.86. The Hall–Kier alpha value is -2.09. The highest BCUT2D eigenvalue weighted by Gasteiger charge is 2.09. The molecule has 0 aliphatic heterocycles. The first-order valence-electron chi connectivity index (χ1n) is 6.81. The van der Waals surface area contributed by atoms with Gasteiger partial charge in [0.05, 0.1) is 16.5 Å². The van der Waals surface area contributed by atoms with E-state index in [4.69, 9.17) is 23.2 Å². The quantitative estimate of drug-likeness (QED) is 0.540. The monoisotopic (exact) mass is 379 g/mol. The number of carbonyl (C=O) groups excluding carboxylic acids is 1. The number of anilines is 1. The number of nitrogens with zero attached hydrogens (tertiary/aromatic N) is 4. The van der Waals surface area contributed by atoms with Gasteiger partial charge in [0.25, 0.3) is 0 Å². The molecule has 122 valence electrons. The van der Waals surface area contributed by atoms with E-state index in [1.165, 1.54) is 18.1 Å². The third-order valence-corrected chi connectivity index (χ3v) is 4.41. The molecule has 24 heavy (non-hydrogen) atoms. The van der Waals surface area contributed by atoms with Crippen molar-refractivity contribution in [3.05, 3.63) is 59.1 Å². The lowest BCUT2D eigenvalue weighted by Gasteiger charge is -2.07. The summed E-state index contributed by atoms with van der Waals surface area (Å²) in [5.74, 6) is 0.609. The number of rotatable bonds is 5. The van der Waals surface area contributed by atoms with E-state index in [0.29, 0.717) is 26.6 Å². The Bertz CT molecular complexity index is 857. The first-order valence-corrected chi connectivity index (χ1v) is 8.56. The summed E-state index contributed by atoms with van der Waals surface area (Å²) < 4.78 is 1.62. The summed E-state index contributed by atoms with van der Waals surface area (Å²) in [6, 6.07) is 8.46. The predicted molar refractivity (Wildman–Crippen MR) is 95.0 cm³/mol. The van der Waals surface area contributed by atoms with E-state index >= 15 is 0 Å². The third-order valence-electron chi connectivity index (χ3n) is 2.92. The fraction of sp³-hybridized carbons (Fsp3) is 0.0667. The molecular weight excluding hydrogens is 369 g/mol. The van der Waals surface area contributed by atoms with Gasteiger partial charge in [-0.1, -0.05) is 35.0 Å². The third kappa shape index (κ3) is 4.25. The topological polar surface area (TPSA) is 72.7 Å². The Balaban J connectivity index is 1.62. The van der Waals surface area contributed by atoms with Gasteiger partial charge in [0, 0.05) is 23.5 Å². The van der Waals surface area contributed by atoms with E-state index in [1.54, 1.807) is 47.4 Å². The van der Waals surface area contributed by atoms with Crippen LogP contribution in [0.15, 0.2) is 54.1 Å².